The van der Waals surface area contributed by atoms with Crippen molar-refractivity contribution in [1.29, 1.82) is 5.26 Å². The van der Waals surface area contributed by atoms with Crippen molar-refractivity contribution in [3.8, 4) is 17.6 Å². The Labute approximate surface area is 198 Å². The number of nitriles is 1. The second-order valence-corrected chi connectivity index (χ2v) is 9.38. The highest BCUT2D eigenvalue weighted by atomic mass is 19.4. The average Bonchev–Trinajstić information content (AvgIpc) is 3.38. The fourth-order valence-electron chi connectivity index (χ4n) is 5.75. The van der Waals surface area contributed by atoms with Gasteiger partial charge in [0, 0.05) is 6.42 Å². The number of ether oxygens (including phenoxy) is 2. The van der Waals surface area contributed by atoms with Crippen LogP contribution in [0.2, 0.25) is 0 Å². The number of fused-ring (bicyclic) bond motifs is 5. The Hall–Kier alpha value is -3.58. The number of aromatic hydroxyl groups is 1. The molecule has 3 aliphatic rings. The summed E-state index contributed by atoms with van der Waals surface area (Å²) in [5.41, 5.74) is -3.88. The molecule has 35 heavy (non-hydrogen) atoms. The van der Waals surface area contributed by atoms with Crippen LogP contribution in [-0.2, 0) is 20.5 Å². The Morgan fingerprint density at radius 1 is 1.14 bits per heavy atom. The third kappa shape index (κ3) is 3.53. The number of alkyl halides is 3. The van der Waals surface area contributed by atoms with Crippen LogP contribution in [0.4, 0.5) is 18.9 Å². The molecule has 0 radical (unpaired) electrons. The van der Waals surface area contributed by atoms with E-state index in [-0.39, 0.29) is 18.0 Å². The first-order valence-electron chi connectivity index (χ1n) is 11.1. The van der Waals surface area contributed by atoms with Crippen LogP contribution in [0.1, 0.15) is 37.3 Å². The van der Waals surface area contributed by atoms with E-state index in [2.05, 4.69) is 0 Å². The van der Waals surface area contributed by atoms with Crippen LogP contribution in [-0.4, -0.2) is 34.7 Å². The molecule has 4 atom stereocenters. The highest BCUT2D eigenvalue weighted by Crippen LogP contribution is 2.62. The van der Waals surface area contributed by atoms with Gasteiger partial charge in [0.2, 0.25) is 11.8 Å². The summed E-state index contributed by atoms with van der Waals surface area (Å²) in [6.45, 7) is 1.94. The largest absolute Gasteiger partial charge is 0.508 e. The van der Waals surface area contributed by atoms with Crippen molar-refractivity contribution >= 4 is 17.5 Å². The smallest absolute Gasteiger partial charge is 0.417 e. The molecule has 0 saturated carbocycles. The Kier molecular flexibility index (Phi) is 5.11. The van der Waals surface area contributed by atoms with Gasteiger partial charge >= 0.3 is 6.18 Å². The zero-order valence-electron chi connectivity index (χ0n) is 18.6. The van der Waals surface area contributed by atoms with Crippen molar-refractivity contribution < 1.29 is 37.3 Å². The average molecular weight is 486 g/mol. The molecule has 3 fully saturated rings. The van der Waals surface area contributed by atoms with Crippen LogP contribution in [0.3, 0.4) is 0 Å². The van der Waals surface area contributed by atoms with Crippen LogP contribution >= 0.6 is 0 Å². The maximum Gasteiger partial charge on any atom is 0.417 e. The molecular formula is C25H21F3N2O5. The van der Waals surface area contributed by atoms with Crippen LogP contribution < -0.4 is 9.64 Å². The van der Waals surface area contributed by atoms with Gasteiger partial charge in [0.05, 0.1) is 52.5 Å². The lowest BCUT2D eigenvalue weighted by Crippen LogP contribution is -2.43. The van der Waals surface area contributed by atoms with E-state index >= 15 is 0 Å². The van der Waals surface area contributed by atoms with Crippen molar-refractivity contribution in [1.82, 2.24) is 0 Å². The van der Waals surface area contributed by atoms with Gasteiger partial charge in [-0.2, -0.15) is 18.4 Å². The topological polar surface area (TPSA) is 99.9 Å². The number of phenolic OH excluding ortho intramolecular Hbond substituents is 1. The highest BCUT2D eigenvalue weighted by molar-refractivity contribution is 6.23. The van der Waals surface area contributed by atoms with Crippen LogP contribution in [0.5, 0.6) is 11.5 Å². The molecule has 10 heteroatoms. The number of halogens is 3. The summed E-state index contributed by atoms with van der Waals surface area (Å²) in [5.74, 6) is -2.25. The van der Waals surface area contributed by atoms with Gasteiger partial charge < -0.3 is 14.6 Å². The number of benzene rings is 2. The maximum absolute atomic E-state index is 13.5. The van der Waals surface area contributed by atoms with Crippen molar-refractivity contribution in [2.45, 2.75) is 43.6 Å². The van der Waals surface area contributed by atoms with Gasteiger partial charge in [-0.25, -0.2) is 4.90 Å². The van der Waals surface area contributed by atoms with Crippen molar-refractivity contribution in [2.24, 2.45) is 11.8 Å². The van der Waals surface area contributed by atoms with E-state index in [0.717, 1.165) is 11.0 Å². The fraction of sp³-hybridized carbons (Fsp3) is 0.400. The minimum Gasteiger partial charge on any atom is -0.508 e. The molecule has 0 spiro atoms. The van der Waals surface area contributed by atoms with Gasteiger partial charge in [0.25, 0.3) is 0 Å². The van der Waals surface area contributed by atoms with E-state index in [1.54, 1.807) is 19.1 Å². The molecule has 2 amide bonds. The minimum atomic E-state index is -4.82. The Bertz CT molecular complexity index is 1260. The number of amides is 2. The first-order valence-corrected chi connectivity index (χ1v) is 11.1. The van der Waals surface area contributed by atoms with E-state index in [1.807, 2.05) is 0 Å². The molecule has 3 saturated heterocycles. The summed E-state index contributed by atoms with van der Waals surface area (Å²) in [6, 6.07) is 10.5. The molecule has 5 rings (SSSR count). The van der Waals surface area contributed by atoms with Gasteiger partial charge in [-0.05, 0) is 62.2 Å². The third-order valence-electron chi connectivity index (χ3n) is 7.33. The predicted octanol–water partition coefficient (Wildman–Crippen LogP) is 4.18. The first kappa shape index (κ1) is 23.2. The molecular weight excluding hydrogens is 465 g/mol. The molecule has 3 aliphatic heterocycles. The molecule has 182 valence electrons. The summed E-state index contributed by atoms with van der Waals surface area (Å²) >= 11 is 0. The Morgan fingerprint density at radius 3 is 2.49 bits per heavy atom. The summed E-state index contributed by atoms with van der Waals surface area (Å²) in [4.78, 5) is 27.7. The van der Waals surface area contributed by atoms with Crippen molar-refractivity contribution in [3.05, 3.63) is 53.6 Å². The molecule has 1 N–H and O–H groups in total. The van der Waals surface area contributed by atoms with E-state index < -0.39 is 52.2 Å². The number of anilines is 1. The van der Waals surface area contributed by atoms with Gasteiger partial charge in [0.1, 0.15) is 11.5 Å². The van der Waals surface area contributed by atoms with E-state index in [9.17, 15) is 27.9 Å². The number of phenols is 1. The summed E-state index contributed by atoms with van der Waals surface area (Å²) in [5, 5.41) is 18.5. The second-order valence-electron chi connectivity index (χ2n) is 9.38. The molecule has 2 aromatic carbocycles. The van der Waals surface area contributed by atoms with E-state index in [0.29, 0.717) is 31.1 Å². The summed E-state index contributed by atoms with van der Waals surface area (Å²) in [7, 11) is 0. The van der Waals surface area contributed by atoms with E-state index in [4.69, 9.17) is 14.7 Å². The first-order chi connectivity index (χ1) is 16.5. The van der Waals surface area contributed by atoms with Crippen LogP contribution in [0.25, 0.3) is 0 Å². The molecule has 2 bridgehead atoms. The lowest BCUT2D eigenvalue weighted by atomic mass is 9.67. The van der Waals surface area contributed by atoms with Crippen molar-refractivity contribution in [3.63, 3.8) is 0 Å². The maximum atomic E-state index is 13.5. The zero-order valence-corrected chi connectivity index (χ0v) is 18.6. The van der Waals surface area contributed by atoms with E-state index in [1.165, 1.54) is 24.3 Å². The number of rotatable bonds is 5. The highest BCUT2D eigenvalue weighted by Gasteiger charge is 2.73. The third-order valence-corrected chi connectivity index (χ3v) is 7.33. The van der Waals surface area contributed by atoms with Crippen molar-refractivity contribution in [2.75, 3.05) is 11.5 Å². The van der Waals surface area contributed by atoms with Gasteiger partial charge in [-0.3, -0.25) is 9.59 Å². The van der Waals surface area contributed by atoms with Crippen LogP contribution in [0.15, 0.2) is 42.5 Å². The summed E-state index contributed by atoms with van der Waals surface area (Å²) in [6.07, 6.45) is -3.47. The molecule has 3 heterocycles. The lowest BCUT2D eigenvalue weighted by Gasteiger charge is -2.31. The molecule has 7 nitrogen and oxygen atoms in total. The minimum absolute atomic E-state index is 0.0936. The normalized spacial score (nSPS) is 29.4. The standard InChI is InChI=1S/C25H21F3N2O5/c1-23-8-9-24(35-23,10-11-34-17-6-4-16(31)5-7-17)20-19(23)21(32)30(22(20)33)15-3-2-14(13-29)18(12-15)25(26,27)28/h2-7,12,19-20,31H,8-11H2,1H3/t19-,20+,23-,24-/m1/s1. The van der Waals surface area contributed by atoms with Crippen LogP contribution in [0, 0.1) is 23.2 Å². The SMILES string of the molecule is C[C@]12CC[C@](CCOc3ccc(O)cc3)(O1)[C@@H]1C(=O)N(c3ccc(C#N)c(C(F)(F)F)c3)C(=O)[C@@H]12. The lowest BCUT2D eigenvalue weighted by molar-refractivity contribution is -0.138. The monoisotopic (exact) mass is 486 g/mol. The van der Waals surface area contributed by atoms with Gasteiger partial charge in [-0.1, -0.05) is 0 Å². The Balaban J connectivity index is 1.43. The molecule has 0 aromatic heterocycles. The fourth-order valence-corrected chi connectivity index (χ4v) is 5.75. The van der Waals surface area contributed by atoms with Gasteiger partial charge in [-0.15, -0.1) is 0 Å². The number of nitrogens with zero attached hydrogens (tertiary/aromatic N) is 2. The molecule has 0 aliphatic carbocycles. The summed E-state index contributed by atoms with van der Waals surface area (Å²) < 4.78 is 52.5. The van der Waals surface area contributed by atoms with Gasteiger partial charge in [0.15, 0.2) is 0 Å². The number of hydrogen-bond donors (Lipinski definition) is 1. The zero-order chi connectivity index (χ0) is 25.2. The number of carbonyl (C=O) groups is 2. The number of carbonyl (C=O) groups excluding carboxylic acids is 2. The Morgan fingerprint density at radius 2 is 1.83 bits per heavy atom. The molecule has 2 aromatic rings. The second kappa shape index (κ2) is 7.71. The predicted molar refractivity (Wildman–Crippen MR) is 115 cm³/mol. The number of imide groups is 1. The molecule has 0 unspecified atom stereocenters. The quantitative estimate of drug-likeness (QED) is 0.637. The number of hydrogen-bond acceptors (Lipinski definition) is 6.